The van der Waals surface area contributed by atoms with Crippen LogP contribution in [0.15, 0.2) is 90.0 Å². The van der Waals surface area contributed by atoms with E-state index in [1.807, 2.05) is 79.7 Å². The Hall–Kier alpha value is -4.19. The van der Waals surface area contributed by atoms with Gasteiger partial charge in [-0.2, -0.15) is 0 Å². The van der Waals surface area contributed by atoms with Crippen LogP contribution in [0.2, 0.25) is 0 Å². The number of aromatic nitrogens is 1. The molecule has 3 aromatic carbocycles. The molecule has 4 rings (SSSR count). The van der Waals surface area contributed by atoms with Crippen molar-refractivity contribution in [1.82, 2.24) is 15.2 Å². The van der Waals surface area contributed by atoms with E-state index in [0.29, 0.717) is 13.0 Å². The molecule has 0 fully saturated rings. The van der Waals surface area contributed by atoms with E-state index in [1.165, 1.54) is 19.4 Å². The van der Waals surface area contributed by atoms with Crippen molar-refractivity contribution in [1.29, 1.82) is 0 Å². The van der Waals surface area contributed by atoms with E-state index in [0.717, 1.165) is 21.9 Å². The molecular weight excluding hydrogens is 426 g/mol. The number of hydrogen-bond acceptors (Lipinski definition) is 3. The first kappa shape index (κ1) is 23.0. The van der Waals surface area contributed by atoms with Crippen LogP contribution in [-0.4, -0.2) is 23.4 Å². The van der Waals surface area contributed by atoms with Gasteiger partial charge in [-0.05, 0) is 35.2 Å². The molecule has 1 atom stereocenters. The molecule has 34 heavy (non-hydrogen) atoms. The lowest BCUT2D eigenvalue weighted by Crippen LogP contribution is -2.35. The third kappa shape index (κ3) is 4.91. The van der Waals surface area contributed by atoms with Crippen molar-refractivity contribution < 1.29 is 9.59 Å². The molecule has 2 N–H and O–H groups in total. The maximum Gasteiger partial charge on any atom is 0.257 e. The van der Waals surface area contributed by atoms with Crippen LogP contribution in [-0.2, 0) is 13.0 Å². The number of nitrogens with one attached hydrogen (secondary N) is 2. The van der Waals surface area contributed by atoms with E-state index in [2.05, 4.69) is 10.6 Å². The van der Waals surface area contributed by atoms with E-state index >= 15 is 0 Å². The third-order valence-electron chi connectivity index (χ3n) is 5.93. The number of carbonyl (C=O) groups excluding carboxylic acids is 2. The van der Waals surface area contributed by atoms with Crippen molar-refractivity contribution >= 4 is 22.6 Å². The van der Waals surface area contributed by atoms with Crippen molar-refractivity contribution in [2.75, 3.05) is 7.05 Å². The van der Waals surface area contributed by atoms with Gasteiger partial charge in [0.05, 0.1) is 6.04 Å². The average molecular weight is 454 g/mol. The highest BCUT2D eigenvalue weighted by Gasteiger charge is 2.21. The van der Waals surface area contributed by atoms with Gasteiger partial charge in [-0.15, -0.1) is 0 Å². The molecule has 0 unspecified atom stereocenters. The largest absolute Gasteiger partial charge is 0.355 e. The van der Waals surface area contributed by atoms with Crippen LogP contribution in [0.5, 0.6) is 0 Å². The highest BCUT2D eigenvalue weighted by Crippen LogP contribution is 2.24. The van der Waals surface area contributed by atoms with Crippen molar-refractivity contribution in [3.8, 4) is 0 Å². The molecule has 0 aliphatic carbocycles. The van der Waals surface area contributed by atoms with Gasteiger partial charge in [0.25, 0.3) is 11.8 Å². The summed E-state index contributed by atoms with van der Waals surface area (Å²) in [5, 5.41) is 7.55. The predicted octanol–water partition coefficient (Wildman–Crippen LogP) is 4.09. The number of nitrogens with zero attached hydrogens (tertiary/aromatic N) is 1. The fraction of sp³-hybridized carbons (Fsp3) is 0.179. The van der Waals surface area contributed by atoms with Gasteiger partial charge in [-0.25, -0.2) is 0 Å². The fourth-order valence-corrected chi connectivity index (χ4v) is 4.10. The van der Waals surface area contributed by atoms with Gasteiger partial charge < -0.3 is 15.2 Å². The van der Waals surface area contributed by atoms with Crippen molar-refractivity contribution in [2.24, 2.45) is 0 Å². The van der Waals surface area contributed by atoms with E-state index in [9.17, 15) is 14.4 Å². The van der Waals surface area contributed by atoms with Crippen molar-refractivity contribution in [3.05, 3.63) is 118 Å². The molecule has 6 nitrogen and oxygen atoms in total. The van der Waals surface area contributed by atoms with Crippen molar-refractivity contribution in [2.45, 2.75) is 25.9 Å². The molecule has 172 valence electrons. The Morgan fingerprint density at radius 3 is 2.24 bits per heavy atom. The van der Waals surface area contributed by atoms with Crippen molar-refractivity contribution in [3.63, 3.8) is 0 Å². The monoisotopic (exact) mass is 453 g/mol. The van der Waals surface area contributed by atoms with Gasteiger partial charge in [-0.1, -0.05) is 72.8 Å². The average Bonchev–Trinajstić information content (AvgIpc) is 2.87. The minimum atomic E-state index is -0.585. The first-order valence-corrected chi connectivity index (χ1v) is 11.3. The Kier molecular flexibility index (Phi) is 6.87. The van der Waals surface area contributed by atoms with Crippen LogP contribution in [0.4, 0.5) is 0 Å². The zero-order chi connectivity index (χ0) is 24.1. The summed E-state index contributed by atoms with van der Waals surface area (Å²) in [6.45, 7) is 2.41. The Balaban J connectivity index is 1.64. The molecule has 0 bridgehead atoms. The fourth-order valence-electron chi connectivity index (χ4n) is 4.10. The molecule has 0 aliphatic rings. The van der Waals surface area contributed by atoms with Gasteiger partial charge in [0.1, 0.15) is 11.1 Å². The molecule has 2 amide bonds. The van der Waals surface area contributed by atoms with Gasteiger partial charge in [0.2, 0.25) is 5.43 Å². The second-order valence-electron chi connectivity index (χ2n) is 8.23. The number of pyridine rings is 1. The van der Waals surface area contributed by atoms with Crippen LogP contribution in [0, 0.1) is 0 Å². The molecular formula is C28H27N3O3. The first-order valence-electron chi connectivity index (χ1n) is 11.3. The van der Waals surface area contributed by atoms with E-state index in [1.54, 1.807) is 4.57 Å². The summed E-state index contributed by atoms with van der Waals surface area (Å²) in [6, 6.07) is 23.5. The third-order valence-corrected chi connectivity index (χ3v) is 5.93. The lowest BCUT2D eigenvalue weighted by molar-refractivity contribution is 0.0938. The standard InChI is InChI=1S/C28H27N3O3/c1-19(22-14-8-12-21-11-6-7-13-23(21)22)30-28(34)25-18-31(16-15-20-9-4-3-5-10-20)17-24(26(25)32)27(33)29-2/h3-14,17-19H,15-16H2,1-2H3,(H,29,33)(H,30,34)/t19-/m1/s1. The number of rotatable bonds is 7. The number of hydrogen-bond donors (Lipinski definition) is 2. The second kappa shape index (κ2) is 10.2. The summed E-state index contributed by atoms with van der Waals surface area (Å²) in [6.07, 6.45) is 3.74. The Morgan fingerprint density at radius 2 is 1.50 bits per heavy atom. The highest BCUT2D eigenvalue weighted by molar-refractivity contribution is 5.99. The molecule has 1 aromatic heterocycles. The molecule has 0 saturated carbocycles. The number of fused-ring (bicyclic) bond motifs is 1. The summed E-state index contributed by atoms with van der Waals surface area (Å²) in [5.74, 6) is -1.03. The van der Waals surface area contributed by atoms with E-state index < -0.39 is 17.2 Å². The zero-order valence-electron chi connectivity index (χ0n) is 19.2. The minimum absolute atomic E-state index is 0.0544. The summed E-state index contributed by atoms with van der Waals surface area (Å²) >= 11 is 0. The smallest absolute Gasteiger partial charge is 0.257 e. The quantitative estimate of drug-likeness (QED) is 0.442. The first-order chi connectivity index (χ1) is 16.5. The second-order valence-corrected chi connectivity index (χ2v) is 8.23. The summed E-state index contributed by atoms with van der Waals surface area (Å²) in [5.41, 5.74) is 1.39. The molecule has 0 aliphatic heterocycles. The lowest BCUT2D eigenvalue weighted by atomic mass is 9.99. The van der Waals surface area contributed by atoms with Gasteiger partial charge >= 0.3 is 0 Å². The predicted molar refractivity (Wildman–Crippen MR) is 134 cm³/mol. The molecule has 4 aromatic rings. The van der Waals surface area contributed by atoms with Gasteiger partial charge in [-0.3, -0.25) is 14.4 Å². The van der Waals surface area contributed by atoms with Crippen LogP contribution < -0.4 is 16.1 Å². The minimum Gasteiger partial charge on any atom is -0.355 e. The van der Waals surface area contributed by atoms with Crippen LogP contribution >= 0.6 is 0 Å². The number of aryl methyl sites for hydroxylation is 2. The maximum absolute atomic E-state index is 13.2. The molecule has 0 radical (unpaired) electrons. The van der Waals surface area contributed by atoms with Crippen LogP contribution in [0.25, 0.3) is 10.8 Å². The molecule has 1 heterocycles. The Labute approximate surface area is 198 Å². The Bertz CT molecular complexity index is 1390. The zero-order valence-corrected chi connectivity index (χ0v) is 19.2. The summed E-state index contributed by atoms with van der Waals surface area (Å²) in [4.78, 5) is 38.6. The van der Waals surface area contributed by atoms with Gasteiger partial charge in [0.15, 0.2) is 0 Å². The highest BCUT2D eigenvalue weighted by atomic mass is 16.2. The Morgan fingerprint density at radius 1 is 0.853 bits per heavy atom. The lowest BCUT2D eigenvalue weighted by Gasteiger charge is -2.17. The van der Waals surface area contributed by atoms with E-state index in [4.69, 9.17) is 0 Å². The number of carbonyl (C=O) groups is 2. The van der Waals surface area contributed by atoms with Crippen LogP contribution in [0.1, 0.15) is 44.8 Å². The van der Waals surface area contributed by atoms with Gasteiger partial charge in [0, 0.05) is 26.0 Å². The summed E-state index contributed by atoms with van der Waals surface area (Å²) < 4.78 is 1.73. The molecule has 6 heteroatoms. The number of benzene rings is 3. The normalized spacial score (nSPS) is 11.7. The number of amides is 2. The SMILES string of the molecule is CNC(=O)c1cn(CCc2ccccc2)cc(C(=O)N[C@H](C)c2cccc3ccccc23)c1=O. The van der Waals surface area contributed by atoms with Crippen LogP contribution in [0.3, 0.4) is 0 Å². The van der Waals surface area contributed by atoms with E-state index in [-0.39, 0.29) is 17.2 Å². The molecule has 0 saturated heterocycles. The summed E-state index contributed by atoms with van der Waals surface area (Å²) in [7, 11) is 1.46. The topological polar surface area (TPSA) is 80.2 Å². The molecule has 0 spiro atoms. The maximum atomic E-state index is 13.2.